The molecule has 0 radical (unpaired) electrons. The van der Waals surface area contributed by atoms with Gasteiger partial charge in [-0.3, -0.25) is 4.79 Å². The zero-order valence-corrected chi connectivity index (χ0v) is 12.9. The summed E-state index contributed by atoms with van der Waals surface area (Å²) in [6, 6.07) is 8.72. The van der Waals surface area contributed by atoms with E-state index in [4.69, 9.17) is 20.5 Å². The number of nitrogens with one attached hydrogen (secondary N) is 1. The first-order chi connectivity index (χ1) is 8.99. The number of carbonyl (C=O) groups is 1. The molecule has 0 aliphatic rings. The van der Waals surface area contributed by atoms with Gasteiger partial charge in [-0.1, -0.05) is 39.5 Å². The highest BCUT2D eigenvalue weighted by Crippen LogP contribution is 2.39. The predicted octanol–water partition coefficient (Wildman–Crippen LogP) is 4.34. The van der Waals surface area contributed by atoms with Gasteiger partial charge in [-0.25, -0.2) is 5.09 Å². The van der Waals surface area contributed by atoms with Crippen molar-refractivity contribution in [3.63, 3.8) is 0 Å². The molecule has 0 heterocycles. The normalized spacial score (nSPS) is 13.2. The lowest BCUT2D eigenvalue weighted by Crippen LogP contribution is -2.32. The van der Waals surface area contributed by atoms with Gasteiger partial charge in [-0.05, 0) is 36.2 Å². The van der Waals surface area contributed by atoms with Crippen molar-refractivity contribution in [3.05, 3.63) is 30.3 Å². The SMILES string of the molecule is C.CC(C)COC(=O)C(C)NP(Cl)Oc1ccccc1. The zero-order chi connectivity index (χ0) is 14.3. The largest absolute Gasteiger partial charge is 0.464 e. The van der Waals surface area contributed by atoms with Crippen LogP contribution >= 0.6 is 18.9 Å². The van der Waals surface area contributed by atoms with Crippen LogP contribution in [0.2, 0.25) is 0 Å². The van der Waals surface area contributed by atoms with Crippen molar-refractivity contribution in [1.29, 1.82) is 0 Å². The van der Waals surface area contributed by atoms with E-state index in [-0.39, 0.29) is 13.4 Å². The minimum Gasteiger partial charge on any atom is -0.464 e. The lowest BCUT2D eigenvalue weighted by molar-refractivity contribution is -0.146. The van der Waals surface area contributed by atoms with Crippen LogP contribution in [0.25, 0.3) is 0 Å². The molecule has 114 valence electrons. The summed E-state index contributed by atoms with van der Waals surface area (Å²) >= 11 is 6.04. The van der Waals surface area contributed by atoms with Crippen molar-refractivity contribution in [3.8, 4) is 5.75 Å². The van der Waals surface area contributed by atoms with Gasteiger partial charge in [-0.15, -0.1) is 0 Å². The van der Waals surface area contributed by atoms with Crippen LogP contribution < -0.4 is 9.61 Å². The Kier molecular flexibility index (Phi) is 9.56. The van der Waals surface area contributed by atoms with Crippen LogP contribution in [0.5, 0.6) is 5.75 Å². The Morgan fingerprint density at radius 1 is 1.30 bits per heavy atom. The molecule has 0 aromatic heterocycles. The second-order valence-corrected chi connectivity index (χ2v) is 6.38. The molecule has 6 heteroatoms. The molecular weight excluding hydrogens is 297 g/mol. The standard InChI is InChI=1S/C13H19ClNO3P.CH4/c1-10(2)9-17-13(16)11(3)15-19(14)18-12-7-5-4-6-8-12;/h4-8,10-11,15H,9H2,1-3H3;1H4. The molecule has 2 atom stereocenters. The Labute approximate surface area is 127 Å². The molecular formula is C14H23ClNO3P. The fraction of sp³-hybridized carbons (Fsp3) is 0.500. The van der Waals surface area contributed by atoms with E-state index >= 15 is 0 Å². The van der Waals surface area contributed by atoms with Gasteiger partial charge in [-0.2, -0.15) is 0 Å². The minimum absolute atomic E-state index is 0. The molecule has 0 saturated heterocycles. The molecule has 1 aromatic rings. The third kappa shape index (κ3) is 7.68. The maximum atomic E-state index is 11.6. The molecule has 1 N–H and O–H groups in total. The summed E-state index contributed by atoms with van der Waals surface area (Å²) < 4.78 is 10.6. The van der Waals surface area contributed by atoms with Crippen molar-refractivity contribution in [2.24, 2.45) is 5.92 Å². The van der Waals surface area contributed by atoms with Crippen LogP contribution in [-0.2, 0) is 9.53 Å². The summed E-state index contributed by atoms with van der Waals surface area (Å²) in [4.78, 5) is 11.6. The summed E-state index contributed by atoms with van der Waals surface area (Å²) in [5, 5.41) is 2.89. The number of hydrogen-bond acceptors (Lipinski definition) is 4. The Morgan fingerprint density at radius 2 is 1.90 bits per heavy atom. The van der Waals surface area contributed by atoms with Gasteiger partial charge in [0.2, 0.25) is 0 Å². The molecule has 0 fully saturated rings. The molecule has 20 heavy (non-hydrogen) atoms. The average Bonchev–Trinajstić information content (AvgIpc) is 2.36. The van der Waals surface area contributed by atoms with E-state index in [1.807, 2.05) is 32.0 Å². The molecule has 0 bridgehead atoms. The Hall–Kier alpha value is -0.830. The number of rotatable bonds is 7. The fourth-order valence-corrected chi connectivity index (χ4v) is 2.63. The number of hydrogen-bond donors (Lipinski definition) is 1. The van der Waals surface area contributed by atoms with Gasteiger partial charge in [0.15, 0.2) is 0 Å². The molecule has 4 nitrogen and oxygen atoms in total. The topological polar surface area (TPSA) is 47.6 Å². The monoisotopic (exact) mass is 319 g/mol. The lowest BCUT2D eigenvalue weighted by atomic mass is 10.2. The number of para-hydroxylation sites is 1. The summed E-state index contributed by atoms with van der Waals surface area (Å²) in [6.07, 6.45) is 0. The van der Waals surface area contributed by atoms with Crippen LogP contribution in [0.3, 0.4) is 0 Å². The van der Waals surface area contributed by atoms with Gasteiger partial charge >= 0.3 is 5.97 Å². The second-order valence-electron chi connectivity index (χ2n) is 4.52. The number of benzene rings is 1. The van der Waals surface area contributed by atoms with Crippen molar-refractivity contribution >= 4 is 24.9 Å². The summed E-state index contributed by atoms with van der Waals surface area (Å²) in [7, 11) is -1.43. The summed E-state index contributed by atoms with van der Waals surface area (Å²) in [5.74, 6) is 0.659. The molecule has 1 rings (SSSR count). The van der Waals surface area contributed by atoms with Crippen LogP contribution in [-0.4, -0.2) is 18.6 Å². The third-order valence-electron chi connectivity index (χ3n) is 2.14. The smallest absolute Gasteiger partial charge is 0.323 e. The number of esters is 1. The van der Waals surface area contributed by atoms with Crippen LogP contribution in [0.4, 0.5) is 0 Å². The van der Waals surface area contributed by atoms with Crippen molar-refractivity contribution in [1.82, 2.24) is 5.09 Å². The van der Waals surface area contributed by atoms with Gasteiger partial charge in [0, 0.05) is 0 Å². The molecule has 0 spiro atoms. The van der Waals surface area contributed by atoms with E-state index < -0.39 is 13.7 Å². The van der Waals surface area contributed by atoms with Gasteiger partial charge in [0.25, 0.3) is 7.65 Å². The van der Waals surface area contributed by atoms with Crippen LogP contribution in [0, 0.1) is 5.92 Å². The highest BCUT2D eigenvalue weighted by Gasteiger charge is 2.19. The first-order valence-electron chi connectivity index (χ1n) is 6.10. The van der Waals surface area contributed by atoms with E-state index in [0.717, 1.165) is 0 Å². The predicted molar refractivity (Wildman–Crippen MR) is 85.0 cm³/mol. The second kappa shape index (κ2) is 9.98. The van der Waals surface area contributed by atoms with Crippen molar-refractivity contribution < 1.29 is 14.1 Å². The fourth-order valence-electron chi connectivity index (χ4n) is 1.18. The maximum Gasteiger partial charge on any atom is 0.323 e. The maximum absolute atomic E-state index is 11.6. The van der Waals surface area contributed by atoms with E-state index in [9.17, 15) is 4.79 Å². The van der Waals surface area contributed by atoms with E-state index in [1.165, 1.54) is 0 Å². The molecule has 0 saturated carbocycles. The number of ether oxygens (including phenoxy) is 1. The Morgan fingerprint density at radius 3 is 2.45 bits per heavy atom. The number of carbonyl (C=O) groups excluding carboxylic acids is 1. The lowest BCUT2D eigenvalue weighted by Gasteiger charge is -2.17. The Bertz CT molecular complexity index is 389. The highest BCUT2D eigenvalue weighted by molar-refractivity contribution is 7.78. The highest BCUT2D eigenvalue weighted by atomic mass is 35.7. The van der Waals surface area contributed by atoms with Crippen molar-refractivity contribution in [2.45, 2.75) is 34.2 Å². The van der Waals surface area contributed by atoms with E-state index in [2.05, 4.69) is 5.09 Å². The van der Waals surface area contributed by atoms with E-state index in [0.29, 0.717) is 18.3 Å². The molecule has 0 amide bonds. The summed E-state index contributed by atoms with van der Waals surface area (Å²) in [6.45, 7) is 6.08. The summed E-state index contributed by atoms with van der Waals surface area (Å²) in [5.41, 5.74) is 0. The van der Waals surface area contributed by atoms with Gasteiger partial charge in [0.1, 0.15) is 11.8 Å². The van der Waals surface area contributed by atoms with Crippen LogP contribution in [0.15, 0.2) is 30.3 Å². The molecule has 0 aliphatic carbocycles. The average molecular weight is 320 g/mol. The minimum atomic E-state index is -1.43. The quantitative estimate of drug-likeness (QED) is 0.599. The van der Waals surface area contributed by atoms with Gasteiger partial charge in [0.05, 0.1) is 6.61 Å². The molecule has 0 aliphatic heterocycles. The van der Waals surface area contributed by atoms with Crippen LogP contribution in [0.1, 0.15) is 28.2 Å². The van der Waals surface area contributed by atoms with E-state index in [1.54, 1.807) is 19.1 Å². The first-order valence-corrected chi connectivity index (χ1v) is 8.27. The van der Waals surface area contributed by atoms with Crippen molar-refractivity contribution in [2.75, 3.05) is 6.61 Å². The van der Waals surface area contributed by atoms with Gasteiger partial charge < -0.3 is 9.26 Å². The zero-order valence-electron chi connectivity index (χ0n) is 11.3. The molecule has 2 unspecified atom stereocenters. The Balaban J connectivity index is 0.00000361. The third-order valence-corrected chi connectivity index (χ3v) is 3.60. The first kappa shape index (κ1) is 19.2. The number of halogens is 1. The molecule has 1 aromatic carbocycles.